The summed E-state index contributed by atoms with van der Waals surface area (Å²) in [6, 6.07) is 9.66. The van der Waals surface area contributed by atoms with Crippen LogP contribution in [0.1, 0.15) is 0 Å². The topological polar surface area (TPSA) is 71.2 Å². The Morgan fingerprint density at radius 3 is 2.40 bits per heavy atom. The highest BCUT2D eigenvalue weighted by molar-refractivity contribution is 5.58. The van der Waals surface area contributed by atoms with Gasteiger partial charge in [0.2, 0.25) is 5.82 Å². The van der Waals surface area contributed by atoms with Gasteiger partial charge in [-0.1, -0.05) is 5.16 Å². The molecule has 2 aromatic heterocycles. The quantitative estimate of drug-likeness (QED) is 0.723. The monoisotopic (exact) mass is 340 g/mol. The van der Waals surface area contributed by atoms with E-state index < -0.39 is 0 Å². The maximum atomic E-state index is 13.0. The van der Waals surface area contributed by atoms with Crippen LogP contribution < -0.4 is 4.90 Å². The Morgan fingerprint density at radius 2 is 1.72 bits per heavy atom. The Morgan fingerprint density at radius 1 is 0.960 bits per heavy atom. The summed E-state index contributed by atoms with van der Waals surface area (Å²) in [5, 5.41) is 12.4. The summed E-state index contributed by atoms with van der Waals surface area (Å²) in [6.07, 6.45) is 0. The van der Waals surface area contributed by atoms with Crippen molar-refractivity contribution in [1.29, 1.82) is 0 Å². The molecule has 128 valence electrons. The normalized spacial score (nSPS) is 15.5. The zero-order chi connectivity index (χ0) is 17.2. The van der Waals surface area contributed by atoms with E-state index in [2.05, 4.69) is 37.2 Å². The predicted octanol–water partition coefficient (Wildman–Crippen LogP) is 2.08. The summed E-state index contributed by atoms with van der Waals surface area (Å²) >= 11 is 0. The molecule has 1 fully saturated rings. The lowest BCUT2D eigenvalue weighted by Crippen LogP contribution is -2.44. The Balaban J connectivity index is 1.51. The molecule has 1 aliphatic rings. The van der Waals surface area contributed by atoms with Crippen molar-refractivity contribution in [2.75, 3.05) is 38.1 Å². The maximum Gasteiger partial charge on any atom is 0.278 e. The molecular formula is C17H17FN6O. The highest BCUT2D eigenvalue weighted by atomic mass is 19.1. The second kappa shape index (κ2) is 6.56. The van der Waals surface area contributed by atoms with E-state index in [1.54, 1.807) is 12.1 Å². The number of anilines is 1. The summed E-state index contributed by atoms with van der Waals surface area (Å²) in [5.74, 6) is 1.21. The van der Waals surface area contributed by atoms with Crippen LogP contribution in [0.2, 0.25) is 0 Å². The van der Waals surface area contributed by atoms with Crippen LogP contribution in [-0.4, -0.2) is 58.5 Å². The molecule has 1 aliphatic heterocycles. The van der Waals surface area contributed by atoms with Crippen LogP contribution in [0.25, 0.3) is 23.0 Å². The van der Waals surface area contributed by atoms with E-state index >= 15 is 0 Å². The smallest absolute Gasteiger partial charge is 0.278 e. The van der Waals surface area contributed by atoms with Gasteiger partial charge in [-0.05, 0) is 43.4 Å². The van der Waals surface area contributed by atoms with Crippen LogP contribution in [0, 0.1) is 5.82 Å². The first-order valence-electron chi connectivity index (χ1n) is 8.06. The molecule has 0 saturated carbocycles. The van der Waals surface area contributed by atoms with Crippen LogP contribution in [0.15, 0.2) is 40.9 Å². The van der Waals surface area contributed by atoms with Crippen molar-refractivity contribution in [1.82, 2.24) is 25.2 Å². The van der Waals surface area contributed by atoms with Gasteiger partial charge in [-0.2, -0.15) is 4.98 Å². The Hall–Kier alpha value is -2.87. The minimum atomic E-state index is -0.308. The van der Waals surface area contributed by atoms with Crippen LogP contribution >= 0.6 is 0 Å². The third-order valence-electron chi connectivity index (χ3n) is 4.23. The minimum Gasteiger partial charge on any atom is -0.353 e. The summed E-state index contributed by atoms with van der Waals surface area (Å²) in [5.41, 5.74) is 1.19. The number of hydrogen-bond acceptors (Lipinski definition) is 7. The first kappa shape index (κ1) is 15.6. The van der Waals surface area contributed by atoms with Crippen molar-refractivity contribution >= 4 is 5.82 Å². The molecule has 0 atom stereocenters. The van der Waals surface area contributed by atoms with Crippen molar-refractivity contribution in [3.05, 3.63) is 42.2 Å². The molecule has 0 amide bonds. The summed E-state index contributed by atoms with van der Waals surface area (Å²) in [6.45, 7) is 3.88. The fourth-order valence-electron chi connectivity index (χ4n) is 2.69. The van der Waals surface area contributed by atoms with Crippen LogP contribution in [0.4, 0.5) is 10.2 Å². The first-order valence-corrected chi connectivity index (χ1v) is 8.06. The molecule has 0 bridgehead atoms. The molecule has 1 aromatic carbocycles. The lowest BCUT2D eigenvalue weighted by atomic mass is 10.2. The fourth-order valence-corrected chi connectivity index (χ4v) is 2.69. The third-order valence-corrected chi connectivity index (χ3v) is 4.23. The zero-order valence-corrected chi connectivity index (χ0v) is 13.8. The van der Waals surface area contributed by atoms with Gasteiger partial charge in [-0.25, -0.2) is 4.39 Å². The van der Waals surface area contributed by atoms with Gasteiger partial charge in [0.25, 0.3) is 5.89 Å². The summed E-state index contributed by atoms with van der Waals surface area (Å²) < 4.78 is 18.3. The van der Waals surface area contributed by atoms with E-state index in [1.165, 1.54) is 12.1 Å². The van der Waals surface area contributed by atoms with Crippen molar-refractivity contribution < 1.29 is 8.91 Å². The number of rotatable bonds is 3. The largest absolute Gasteiger partial charge is 0.353 e. The molecule has 8 heteroatoms. The lowest BCUT2D eigenvalue weighted by Gasteiger charge is -2.32. The van der Waals surface area contributed by atoms with E-state index in [-0.39, 0.29) is 11.7 Å². The van der Waals surface area contributed by atoms with E-state index in [1.807, 2.05) is 12.1 Å². The van der Waals surface area contributed by atoms with Gasteiger partial charge in [-0.15, -0.1) is 10.2 Å². The Bertz CT molecular complexity index is 840. The van der Waals surface area contributed by atoms with Gasteiger partial charge in [0.15, 0.2) is 11.5 Å². The lowest BCUT2D eigenvalue weighted by molar-refractivity contribution is 0.312. The first-order chi connectivity index (χ1) is 12.2. The number of piperazine rings is 1. The molecule has 0 aliphatic carbocycles. The van der Waals surface area contributed by atoms with Gasteiger partial charge in [-0.3, -0.25) is 0 Å². The van der Waals surface area contributed by atoms with Crippen LogP contribution in [-0.2, 0) is 0 Å². The zero-order valence-electron chi connectivity index (χ0n) is 13.8. The van der Waals surface area contributed by atoms with Gasteiger partial charge in [0.05, 0.1) is 0 Å². The predicted molar refractivity (Wildman–Crippen MR) is 90.4 cm³/mol. The molecule has 0 spiro atoms. The Kier molecular flexibility index (Phi) is 4.10. The number of aromatic nitrogens is 4. The van der Waals surface area contributed by atoms with E-state index in [0.29, 0.717) is 17.1 Å². The summed E-state index contributed by atoms with van der Waals surface area (Å²) in [7, 11) is 2.11. The molecule has 3 aromatic rings. The average Bonchev–Trinajstić information content (AvgIpc) is 3.13. The molecule has 0 unspecified atom stereocenters. The molecule has 4 rings (SSSR count). The second-order valence-electron chi connectivity index (χ2n) is 6.00. The summed E-state index contributed by atoms with van der Waals surface area (Å²) in [4.78, 5) is 8.80. The number of hydrogen-bond donors (Lipinski definition) is 0. The number of halogens is 1. The number of benzene rings is 1. The average molecular weight is 340 g/mol. The van der Waals surface area contributed by atoms with E-state index in [4.69, 9.17) is 4.52 Å². The second-order valence-corrected chi connectivity index (χ2v) is 6.00. The maximum absolute atomic E-state index is 13.0. The Labute approximate surface area is 144 Å². The highest BCUT2D eigenvalue weighted by Crippen LogP contribution is 2.22. The molecule has 7 nitrogen and oxygen atoms in total. The van der Waals surface area contributed by atoms with Crippen molar-refractivity contribution in [2.24, 2.45) is 0 Å². The molecule has 3 heterocycles. The minimum absolute atomic E-state index is 0.289. The van der Waals surface area contributed by atoms with E-state index in [9.17, 15) is 4.39 Å². The molecule has 0 radical (unpaired) electrons. The fraction of sp³-hybridized carbons (Fsp3) is 0.294. The van der Waals surface area contributed by atoms with Crippen molar-refractivity contribution in [2.45, 2.75) is 0 Å². The molecule has 1 saturated heterocycles. The number of nitrogens with zero attached hydrogens (tertiary/aromatic N) is 6. The van der Waals surface area contributed by atoms with Gasteiger partial charge >= 0.3 is 0 Å². The third kappa shape index (κ3) is 3.34. The molecule has 0 N–H and O–H groups in total. The van der Waals surface area contributed by atoms with Crippen LogP contribution in [0.5, 0.6) is 0 Å². The molecular weight excluding hydrogens is 323 g/mol. The van der Waals surface area contributed by atoms with Crippen LogP contribution in [0.3, 0.4) is 0 Å². The van der Waals surface area contributed by atoms with Gasteiger partial charge < -0.3 is 14.3 Å². The van der Waals surface area contributed by atoms with Gasteiger partial charge in [0.1, 0.15) is 5.82 Å². The molecule has 25 heavy (non-hydrogen) atoms. The van der Waals surface area contributed by atoms with Crippen molar-refractivity contribution in [3.8, 4) is 23.0 Å². The number of likely N-dealkylation sites (N-methyl/N-ethyl adjacent to an activating group) is 1. The SMILES string of the molecule is CN1CCN(c2ccc(-c3nc(-c4ccc(F)cc4)no3)nn2)CC1. The van der Waals surface area contributed by atoms with E-state index in [0.717, 1.165) is 32.0 Å². The van der Waals surface area contributed by atoms with Crippen molar-refractivity contribution in [3.63, 3.8) is 0 Å². The standard InChI is InChI=1S/C17H17FN6O/c1-23-8-10-24(11-9-23)15-7-6-14(20-21-15)17-19-16(22-25-17)12-2-4-13(18)5-3-12/h2-7H,8-11H2,1H3. The highest BCUT2D eigenvalue weighted by Gasteiger charge is 2.17. The van der Waals surface area contributed by atoms with Gasteiger partial charge in [0, 0.05) is 31.7 Å².